The van der Waals surface area contributed by atoms with E-state index in [1.165, 1.54) is 18.2 Å². The fourth-order valence-corrected chi connectivity index (χ4v) is 3.18. The second-order valence-electron chi connectivity index (χ2n) is 10.6. The van der Waals surface area contributed by atoms with Crippen LogP contribution in [0.25, 0.3) is 0 Å². The van der Waals surface area contributed by atoms with Crippen molar-refractivity contribution in [1.29, 1.82) is 0 Å². The van der Waals surface area contributed by atoms with Gasteiger partial charge in [0.25, 0.3) is 0 Å². The molecule has 1 aromatic carbocycles. The third kappa shape index (κ3) is 11.7. The predicted octanol–water partition coefficient (Wildman–Crippen LogP) is 5.64. The molecule has 5 atom stereocenters. The van der Waals surface area contributed by atoms with Crippen LogP contribution in [0.2, 0.25) is 0 Å². The van der Waals surface area contributed by atoms with Crippen LogP contribution in [0.4, 0.5) is 14.4 Å². The highest BCUT2D eigenvalue weighted by molar-refractivity contribution is 5.75. The second-order valence-corrected chi connectivity index (χ2v) is 10.6. The van der Waals surface area contributed by atoms with Crippen molar-refractivity contribution in [2.75, 3.05) is 0 Å². The normalized spacial score (nSPS) is 15.0. The van der Waals surface area contributed by atoms with E-state index in [1.54, 1.807) is 34.6 Å². The second kappa shape index (κ2) is 15.9. The highest BCUT2D eigenvalue weighted by atomic mass is 16.8. The van der Waals surface area contributed by atoms with Crippen LogP contribution in [0.3, 0.4) is 0 Å². The van der Waals surface area contributed by atoms with Crippen molar-refractivity contribution in [2.24, 2.45) is 17.6 Å². The van der Waals surface area contributed by atoms with Crippen molar-refractivity contribution in [1.82, 2.24) is 0 Å². The zero-order chi connectivity index (χ0) is 30.7. The molecule has 1 rings (SSSR count). The zero-order valence-electron chi connectivity index (χ0n) is 24.7. The molecule has 0 spiro atoms. The number of ether oxygens (including phenoxy) is 6. The summed E-state index contributed by atoms with van der Waals surface area (Å²) in [5.74, 6) is -2.56. The minimum atomic E-state index is -1.42. The smallest absolute Gasteiger partial charge is 0.480 e. The van der Waals surface area contributed by atoms with E-state index in [-0.39, 0.29) is 29.8 Å². The number of hydrogen-bond donors (Lipinski definition) is 2. The third-order valence-corrected chi connectivity index (χ3v) is 6.16. The average Bonchev–Trinajstić information content (AvgIpc) is 2.82. The van der Waals surface area contributed by atoms with E-state index in [2.05, 4.69) is 0 Å². The van der Waals surface area contributed by atoms with E-state index in [0.717, 1.165) is 0 Å². The van der Waals surface area contributed by atoms with Crippen LogP contribution < -0.4 is 15.2 Å². The minimum Gasteiger partial charge on any atom is -0.480 e. The lowest BCUT2D eigenvalue weighted by atomic mass is 9.87. The van der Waals surface area contributed by atoms with Crippen LogP contribution in [0, 0.1) is 11.8 Å². The van der Waals surface area contributed by atoms with Crippen molar-refractivity contribution >= 4 is 24.4 Å². The largest absolute Gasteiger partial charge is 0.514 e. The van der Waals surface area contributed by atoms with Crippen LogP contribution in [0.15, 0.2) is 18.2 Å². The topological polar surface area (TPSA) is 170 Å². The van der Waals surface area contributed by atoms with E-state index in [4.69, 9.17) is 34.2 Å². The number of carbonyl (C=O) groups is 4. The Hall–Kier alpha value is -3.54. The van der Waals surface area contributed by atoms with E-state index >= 15 is 0 Å². The minimum absolute atomic E-state index is 0.00363. The molecule has 226 valence electrons. The maximum absolute atomic E-state index is 12.5. The number of carboxylic acid groups (broad SMARTS) is 1. The van der Waals surface area contributed by atoms with Crippen molar-refractivity contribution in [3.05, 3.63) is 23.8 Å². The van der Waals surface area contributed by atoms with Gasteiger partial charge in [-0.25, -0.2) is 14.4 Å². The first-order chi connectivity index (χ1) is 18.5. The summed E-state index contributed by atoms with van der Waals surface area (Å²) >= 11 is 0. The standard InChI is InChI=1S/C28H43NO11/c1-14(2)18(8)37-27(33)39-22-11-10-20(13-23(22)40-28(34)38-19(9)15(3)4)21(24(29)25(30)31)12-17(7)36-26(32)35-16(5)6/h10-11,13-19,21,24H,12,29H2,1-9H3,(H,30,31)/t17?,18?,19?,21?,24-/m0/s1. The Morgan fingerprint density at radius 2 is 1.23 bits per heavy atom. The molecule has 4 unspecified atom stereocenters. The molecule has 0 amide bonds. The van der Waals surface area contributed by atoms with Gasteiger partial charge in [0.1, 0.15) is 24.4 Å². The first-order valence-electron chi connectivity index (χ1n) is 13.3. The first-order valence-corrected chi connectivity index (χ1v) is 13.3. The lowest BCUT2D eigenvalue weighted by Gasteiger charge is -2.25. The van der Waals surface area contributed by atoms with Crippen LogP contribution in [-0.4, -0.2) is 60.0 Å². The number of benzene rings is 1. The van der Waals surface area contributed by atoms with Crippen LogP contribution in [0.5, 0.6) is 11.5 Å². The number of rotatable bonds is 13. The van der Waals surface area contributed by atoms with E-state index in [9.17, 15) is 24.3 Å². The summed E-state index contributed by atoms with van der Waals surface area (Å²) in [6, 6.07) is 2.69. The molecule has 0 saturated heterocycles. The summed E-state index contributed by atoms with van der Waals surface area (Å²) in [5, 5.41) is 9.65. The quantitative estimate of drug-likeness (QED) is 0.170. The van der Waals surface area contributed by atoms with E-state index < -0.39 is 60.8 Å². The van der Waals surface area contributed by atoms with Gasteiger partial charge in [-0.3, -0.25) is 4.79 Å². The van der Waals surface area contributed by atoms with Crippen molar-refractivity contribution in [3.8, 4) is 11.5 Å². The van der Waals surface area contributed by atoms with Crippen LogP contribution >= 0.6 is 0 Å². The summed E-state index contributed by atoms with van der Waals surface area (Å²) in [4.78, 5) is 48.7. The number of nitrogens with two attached hydrogens (primary N) is 1. The molecule has 0 saturated carbocycles. The molecule has 0 fully saturated rings. The van der Waals surface area contributed by atoms with Gasteiger partial charge < -0.3 is 39.3 Å². The van der Waals surface area contributed by atoms with Gasteiger partial charge in [-0.1, -0.05) is 33.8 Å². The van der Waals surface area contributed by atoms with Crippen molar-refractivity contribution in [3.63, 3.8) is 0 Å². The van der Waals surface area contributed by atoms with Gasteiger partial charge in [0, 0.05) is 5.92 Å². The molecule has 40 heavy (non-hydrogen) atoms. The molecular weight excluding hydrogens is 526 g/mol. The Bertz CT molecular complexity index is 1010. The molecule has 0 aliphatic rings. The highest BCUT2D eigenvalue weighted by Gasteiger charge is 2.31. The molecular formula is C28H43NO11. The van der Waals surface area contributed by atoms with Gasteiger partial charge in [0.2, 0.25) is 0 Å². The molecule has 0 aliphatic carbocycles. The molecule has 3 N–H and O–H groups in total. The Balaban J connectivity index is 3.37. The van der Waals surface area contributed by atoms with Gasteiger partial charge >= 0.3 is 24.4 Å². The summed E-state index contributed by atoms with van der Waals surface area (Å²) in [5.41, 5.74) is 6.31. The van der Waals surface area contributed by atoms with Gasteiger partial charge in [-0.15, -0.1) is 0 Å². The van der Waals surface area contributed by atoms with Crippen LogP contribution in [0.1, 0.15) is 80.2 Å². The number of hydrogen-bond acceptors (Lipinski definition) is 11. The maximum atomic E-state index is 12.5. The third-order valence-electron chi connectivity index (χ3n) is 6.16. The monoisotopic (exact) mass is 569 g/mol. The fraction of sp³-hybridized carbons (Fsp3) is 0.643. The maximum Gasteiger partial charge on any atom is 0.514 e. The average molecular weight is 570 g/mol. The first kappa shape index (κ1) is 34.5. The SMILES string of the molecule is CC(C)OC(=O)OC(C)CC(c1ccc(OC(=O)OC(C)C(C)C)c(OC(=O)OC(C)C(C)C)c1)[C@H](N)C(=O)O. The molecule has 0 aliphatic heterocycles. The Kier molecular flexibility index (Phi) is 13.7. The molecule has 0 heterocycles. The lowest BCUT2D eigenvalue weighted by molar-refractivity contribution is -0.139. The number of carboxylic acids is 1. The molecule has 12 heteroatoms. The summed E-state index contributed by atoms with van der Waals surface area (Å²) < 4.78 is 31.4. The molecule has 12 nitrogen and oxygen atoms in total. The molecule has 0 radical (unpaired) electrons. The fourth-order valence-electron chi connectivity index (χ4n) is 3.18. The lowest BCUT2D eigenvalue weighted by Crippen LogP contribution is -2.38. The number of carbonyl (C=O) groups excluding carboxylic acids is 3. The molecule has 0 aromatic heterocycles. The van der Waals surface area contributed by atoms with Crippen molar-refractivity contribution < 1.29 is 52.7 Å². The van der Waals surface area contributed by atoms with Gasteiger partial charge in [-0.05, 0) is 70.6 Å². The Morgan fingerprint density at radius 1 is 0.725 bits per heavy atom. The Labute approximate surface area is 235 Å². The number of aliphatic carboxylic acids is 1. The summed E-state index contributed by atoms with van der Waals surface area (Å²) in [6.07, 6.45) is -5.11. The van der Waals surface area contributed by atoms with E-state index in [1.807, 2.05) is 27.7 Å². The van der Waals surface area contributed by atoms with Gasteiger partial charge in [0.15, 0.2) is 11.5 Å². The van der Waals surface area contributed by atoms with Crippen LogP contribution in [-0.2, 0) is 23.7 Å². The molecule has 1 aromatic rings. The zero-order valence-corrected chi connectivity index (χ0v) is 24.7. The molecule has 0 bridgehead atoms. The highest BCUT2D eigenvalue weighted by Crippen LogP contribution is 2.35. The Morgan fingerprint density at radius 3 is 1.68 bits per heavy atom. The summed E-state index contributed by atoms with van der Waals surface area (Å²) in [6.45, 7) is 15.7. The van der Waals surface area contributed by atoms with Crippen molar-refractivity contribution in [2.45, 2.75) is 105 Å². The predicted molar refractivity (Wildman–Crippen MR) is 144 cm³/mol. The van der Waals surface area contributed by atoms with Gasteiger partial charge in [-0.2, -0.15) is 0 Å². The van der Waals surface area contributed by atoms with Gasteiger partial charge in [0.05, 0.1) is 6.10 Å². The van der Waals surface area contributed by atoms with E-state index in [0.29, 0.717) is 5.56 Å². The summed E-state index contributed by atoms with van der Waals surface area (Å²) in [7, 11) is 0.